The van der Waals surface area contributed by atoms with E-state index < -0.39 is 23.6 Å². The molecule has 0 amide bonds. The first-order chi connectivity index (χ1) is 7.48. The Morgan fingerprint density at radius 2 is 1.94 bits per heavy atom. The lowest BCUT2D eigenvalue weighted by Crippen LogP contribution is -2.38. The second-order valence-electron chi connectivity index (χ2n) is 3.99. The first-order valence-electron chi connectivity index (χ1n) is 5.04. The van der Waals surface area contributed by atoms with Crippen LogP contribution >= 0.6 is 0 Å². The normalized spacial score (nSPS) is 24.4. The molecule has 1 nitrogen and oxygen atoms in total. The molecule has 0 radical (unpaired) electrons. The number of piperidine rings is 1. The van der Waals surface area contributed by atoms with Crippen LogP contribution in [0.5, 0.6) is 0 Å². The molecule has 1 fully saturated rings. The van der Waals surface area contributed by atoms with Crippen LogP contribution < -0.4 is 5.32 Å². The van der Waals surface area contributed by atoms with E-state index in [0.717, 1.165) is 12.1 Å². The van der Waals surface area contributed by atoms with Crippen LogP contribution in [0, 0.1) is 11.6 Å². The smallest absolute Gasteiger partial charge is 0.251 e. The average molecular weight is 233 g/mol. The summed E-state index contributed by atoms with van der Waals surface area (Å²) in [6.07, 6.45) is -0.592. The molecule has 1 saturated heterocycles. The fourth-order valence-corrected chi connectivity index (χ4v) is 1.87. The summed E-state index contributed by atoms with van der Waals surface area (Å²) in [6, 6.07) is 2.64. The number of benzene rings is 1. The molecule has 1 aromatic carbocycles. The van der Waals surface area contributed by atoms with Gasteiger partial charge in [-0.2, -0.15) is 0 Å². The van der Waals surface area contributed by atoms with Gasteiger partial charge in [0, 0.05) is 25.4 Å². The minimum absolute atomic E-state index is 0.177. The highest BCUT2D eigenvalue weighted by Crippen LogP contribution is 2.34. The van der Waals surface area contributed by atoms with Crippen molar-refractivity contribution in [2.75, 3.05) is 6.54 Å². The average Bonchev–Trinajstić information content (AvgIpc) is 2.20. The van der Waals surface area contributed by atoms with Crippen LogP contribution in [-0.4, -0.2) is 12.5 Å². The lowest BCUT2D eigenvalue weighted by Gasteiger charge is -2.30. The zero-order valence-electron chi connectivity index (χ0n) is 8.44. The molecule has 0 unspecified atom stereocenters. The summed E-state index contributed by atoms with van der Waals surface area (Å²) in [6.45, 7) is 0.177. The Bertz CT molecular complexity index is 392. The lowest BCUT2D eigenvalue weighted by molar-refractivity contribution is -0.0415. The third kappa shape index (κ3) is 2.35. The number of halogens is 4. The Hall–Kier alpha value is -1.10. The van der Waals surface area contributed by atoms with Crippen LogP contribution in [0.3, 0.4) is 0 Å². The molecule has 1 atom stereocenters. The number of alkyl halides is 2. The number of hydrogen-bond donors (Lipinski definition) is 1. The van der Waals surface area contributed by atoms with Crippen molar-refractivity contribution in [2.45, 2.75) is 24.8 Å². The summed E-state index contributed by atoms with van der Waals surface area (Å²) in [5.41, 5.74) is 0.360. The van der Waals surface area contributed by atoms with Gasteiger partial charge in [0.25, 0.3) is 5.92 Å². The summed E-state index contributed by atoms with van der Waals surface area (Å²) < 4.78 is 51.8. The van der Waals surface area contributed by atoms with Crippen LogP contribution in [0.2, 0.25) is 0 Å². The van der Waals surface area contributed by atoms with Crippen molar-refractivity contribution >= 4 is 0 Å². The summed E-state index contributed by atoms with van der Waals surface area (Å²) >= 11 is 0. The van der Waals surface area contributed by atoms with Gasteiger partial charge >= 0.3 is 0 Å². The number of nitrogens with one attached hydrogen (secondary N) is 1. The van der Waals surface area contributed by atoms with Gasteiger partial charge in [-0.15, -0.1) is 0 Å². The Morgan fingerprint density at radius 3 is 2.56 bits per heavy atom. The highest BCUT2D eigenvalue weighted by molar-refractivity contribution is 5.22. The molecule has 0 aliphatic carbocycles. The molecule has 0 spiro atoms. The molecule has 0 bridgehead atoms. The minimum Gasteiger partial charge on any atom is -0.309 e. The van der Waals surface area contributed by atoms with Crippen LogP contribution in [0.4, 0.5) is 17.6 Å². The predicted molar refractivity (Wildman–Crippen MR) is 51.3 cm³/mol. The molecule has 1 aliphatic rings. The van der Waals surface area contributed by atoms with Crippen molar-refractivity contribution in [3.05, 3.63) is 35.4 Å². The largest absolute Gasteiger partial charge is 0.309 e. The Morgan fingerprint density at radius 1 is 1.19 bits per heavy atom. The van der Waals surface area contributed by atoms with Gasteiger partial charge in [0.1, 0.15) is 0 Å². The van der Waals surface area contributed by atoms with E-state index in [1.54, 1.807) is 0 Å². The fourth-order valence-electron chi connectivity index (χ4n) is 1.87. The zero-order chi connectivity index (χ0) is 11.8. The SMILES string of the molecule is Fc1ccc([C@@H]2CC(F)(F)CCN2)cc1F. The molecule has 88 valence electrons. The first kappa shape index (κ1) is 11.4. The van der Waals surface area contributed by atoms with E-state index in [2.05, 4.69) is 5.32 Å². The molecule has 1 aliphatic heterocycles. The van der Waals surface area contributed by atoms with E-state index in [4.69, 9.17) is 0 Å². The number of hydrogen-bond acceptors (Lipinski definition) is 1. The van der Waals surface area contributed by atoms with Crippen molar-refractivity contribution in [1.29, 1.82) is 0 Å². The van der Waals surface area contributed by atoms with Crippen LogP contribution in [0.15, 0.2) is 18.2 Å². The predicted octanol–water partition coefficient (Wildman–Crippen LogP) is 3.02. The van der Waals surface area contributed by atoms with Gasteiger partial charge in [-0.3, -0.25) is 0 Å². The Labute approximate surface area is 90.5 Å². The number of rotatable bonds is 1. The van der Waals surface area contributed by atoms with Crippen LogP contribution in [-0.2, 0) is 0 Å². The first-order valence-corrected chi connectivity index (χ1v) is 5.04. The van der Waals surface area contributed by atoms with Crippen molar-refractivity contribution < 1.29 is 17.6 Å². The van der Waals surface area contributed by atoms with Gasteiger partial charge in [-0.05, 0) is 17.7 Å². The molecule has 0 aromatic heterocycles. The minimum atomic E-state index is -2.74. The van der Waals surface area contributed by atoms with Crippen molar-refractivity contribution in [3.8, 4) is 0 Å². The van der Waals surface area contributed by atoms with E-state index in [1.165, 1.54) is 6.07 Å². The van der Waals surface area contributed by atoms with Gasteiger partial charge in [0.15, 0.2) is 11.6 Å². The van der Waals surface area contributed by atoms with E-state index in [0.29, 0.717) is 5.56 Å². The zero-order valence-corrected chi connectivity index (χ0v) is 8.44. The van der Waals surface area contributed by atoms with E-state index in [1.807, 2.05) is 0 Å². The third-order valence-electron chi connectivity index (χ3n) is 2.73. The summed E-state index contributed by atoms with van der Waals surface area (Å²) in [5.74, 6) is -4.71. The molecular formula is C11H11F4N. The van der Waals surface area contributed by atoms with Crippen molar-refractivity contribution in [2.24, 2.45) is 0 Å². The molecule has 2 rings (SSSR count). The van der Waals surface area contributed by atoms with Gasteiger partial charge in [-0.1, -0.05) is 6.07 Å². The maximum Gasteiger partial charge on any atom is 0.251 e. The lowest BCUT2D eigenvalue weighted by atomic mass is 9.95. The van der Waals surface area contributed by atoms with Crippen molar-refractivity contribution in [1.82, 2.24) is 5.32 Å². The highest BCUT2D eigenvalue weighted by atomic mass is 19.3. The standard InChI is InChI=1S/C11H11F4N/c12-8-2-1-7(5-9(8)13)10-6-11(14,15)3-4-16-10/h1-2,5,10,16H,3-4,6H2/t10-/m0/s1. The van der Waals surface area contributed by atoms with Gasteiger partial charge < -0.3 is 5.32 Å². The Balaban J connectivity index is 2.20. The highest BCUT2D eigenvalue weighted by Gasteiger charge is 2.36. The summed E-state index contributed by atoms with van der Waals surface area (Å²) in [4.78, 5) is 0. The molecule has 1 aromatic rings. The summed E-state index contributed by atoms with van der Waals surface area (Å²) in [7, 11) is 0. The second-order valence-corrected chi connectivity index (χ2v) is 3.99. The second kappa shape index (κ2) is 4.05. The molecular weight excluding hydrogens is 222 g/mol. The molecule has 16 heavy (non-hydrogen) atoms. The quantitative estimate of drug-likeness (QED) is 0.735. The Kier molecular flexibility index (Phi) is 2.88. The van der Waals surface area contributed by atoms with E-state index in [9.17, 15) is 17.6 Å². The van der Waals surface area contributed by atoms with E-state index >= 15 is 0 Å². The third-order valence-corrected chi connectivity index (χ3v) is 2.73. The molecule has 1 heterocycles. The fraction of sp³-hybridized carbons (Fsp3) is 0.455. The van der Waals surface area contributed by atoms with Gasteiger partial charge in [0.05, 0.1) is 0 Å². The van der Waals surface area contributed by atoms with Crippen LogP contribution in [0.25, 0.3) is 0 Å². The van der Waals surface area contributed by atoms with Crippen LogP contribution in [0.1, 0.15) is 24.4 Å². The van der Waals surface area contributed by atoms with E-state index in [-0.39, 0.29) is 19.4 Å². The summed E-state index contributed by atoms with van der Waals surface area (Å²) in [5, 5.41) is 2.87. The van der Waals surface area contributed by atoms with Crippen molar-refractivity contribution in [3.63, 3.8) is 0 Å². The molecule has 1 N–H and O–H groups in total. The maximum absolute atomic E-state index is 13.1. The molecule has 0 saturated carbocycles. The van der Waals surface area contributed by atoms with Gasteiger partial charge in [-0.25, -0.2) is 17.6 Å². The van der Waals surface area contributed by atoms with Gasteiger partial charge in [0.2, 0.25) is 0 Å². The molecule has 5 heteroatoms. The topological polar surface area (TPSA) is 12.0 Å². The maximum atomic E-state index is 13.1. The monoisotopic (exact) mass is 233 g/mol.